The van der Waals surface area contributed by atoms with Gasteiger partial charge >= 0.3 is 0 Å². The van der Waals surface area contributed by atoms with Crippen molar-refractivity contribution in [2.24, 2.45) is 11.1 Å². The lowest BCUT2D eigenvalue weighted by Crippen LogP contribution is -2.53. The second kappa shape index (κ2) is 5.33. The number of nitrogens with one attached hydrogen (secondary N) is 1. The summed E-state index contributed by atoms with van der Waals surface area (Å²) in [4.78, 5) is 12.5. The molecule has 3 N–H and O–H groups in total. The molecule has 5 heteroatoms. The number of rotatable bonds is 4. The van der Waals surface area contributed by atoms with E-state index in [2.05, 4.69) is 10.4 Å². The summed E-state index contributed by atoms with van der Waals surface area (Å²) in [5, 5.41) is 7.11. The lowest BCUT2D eigenvalue weighted by Gasteiger charge is -2.36. The van der Waals surface area contributed by atoms with Gasteiger partial charge in [0.1, 0.15) is 0 Å². The lowest BCUT2D eigenvalue weighted by atomic mass is 9.74. The number of anilines is 1. The third-order valence-corrected chi connectivity index (χ3v) is 4.05. The molecule has 0 radical (unpaired) electrons. The first-order valence-electron chi connectivity index (χ1n) is 6.92. The Labute approximate surface area is 125 Å². The summed E-state index contributed by atoms with van der Waals surface area (Å²) < 4.78 is 1.74. The predicted molar refractivity (Wildman–Crippen MR) is 84.2 cm³/mol. The first-order valence-corrected chi connectivity index (χ1v) is 6.92. The number of aromatic nitrogens is 2. The van der Waals surface area contributed by atoms with Gasteiger partial charge in [-0.15, -0.1) is 0 Å². The maximum atomic E-state index is 12.5. The number of hydrogen-bond donors (Lipinski definition) is 2. The van der Waals surface area contributed by atoms with Crippen LogP contribution < -0.4 is 11.1 Å². The number of hydrogen-bond acceptors (Lipinski definition) is 3. The van der Waals surface area contributed by atoms with Crippen molar-refractivity contribution in [3.05, 3.63) is 42.7 Å². The SMILES string of the molecule is CC(C)(N)C(C)(C)C(=O)Nc1cccc(-n2cccn2)c1. The molecular formula is C16H22N4O. The maximum absolute atomic E-state index is 12.5. The van der Waals surface area contributed by atoms with Crippen LogP contribution in [-0.2, 0) is 4.79 Å². The molecule has 0 atom stereocenters. The number of nitrogens with zero attached hydrogens (tertiary/aromatic N) is 2. The highest BCUT2D eigenvalue weighted by atomic mass is 16.2. The zero-order valence-electron chi connectivity index (χ0n) is 12.9. The van der Waals surface area contributed by atoms with Gasteiger partial charge in [-0.1, -0.05) is 6.07 Å². The summed E-state index contributed by atoms with van der Waals surface area (Å²) in [6.45, 7) is 7.40. The van der Waals surface area contributed by atoms with E-state index in [1.54, 1.807) is 10.9 Å². The molecule has 0 fully saturated rings. The number of nitrogens with two attached hydrogens (primary N) is 1. The van der Waals surface area contributed by atoms with E-state index in [-0.39, 0.29) is 5.91 Å². The Hall–Kier alpha value is -2.14. The maximum Gasteiger partial charge on any atom is 0.231 e. The van der Waals surface area contributed by atoms with Crippen LogP contribution in [-0.4, -0.2) is 21.2 Å². The summed E-state index contributed by atoms with van der Waals surface area (Å²) in [7, 11) is 0. The van der Waals surface area contributed by atoms with E-state index in [9.17, 15) is 4.79 Å². The molecule has 112 valence electrons. The minimum Gasteiger partial charge on any atom is -0.325 e. The number of carbonyl (C=O) groups excluding carboxylic acids is 1. The fourth-order valence-electron chi connectivity index (χ4n) is 1.73. The molecule has 0 aliphatic carbocycles. The molecule has 2 aromatic rings. The zero-order valence-corrected chi connectivity index (χ0v) is 12.9. The van der Waals surface area contributed by atoms with E-state index in [0.717, 1.165) is 11.4 Å². The predicted octanol–water partition coefficient (Wildman–Crippen LogP) is 2.57. The van der Waals surface area contributed by atoms with Crippen LogP contribution in [0, 0.1) is 5.41 Å². The third-order valence-electron chi connectivity index (χ3n) is 4.05. The average Bonchev–Trinajstić information content (AvgIpc) is 2.91. The van der Waals surface area contributed by atoms with Gasteiger partial charge in [0.25, 0.3) is 0 Å². The van der Waals surface area contributed by atoms with Crippen LogP contribution in [0.25, 0.3) is 5.69 Å². The largest absolute Gasteiger partial charge is 0.325 e. The van der Waals surface area contributed by atoms with Gasteiger partial charge in [-0.2, -0.15) is 5.10 Å². The molecule has 0 saturated carbocycles. The summed E-state index contributed by atoms with van der Waals surface area (Å²) in [5.74, 6) is -0.104. The minimum atomic E-state index is -0.686. The Morgan fingerprint density at radius 3 is 2.52 bits per heavy atom. The summed E-state index contributed by atoms with van der Waals surface area (Å²) in [5.41, 5.74) is 6.42. The molecule has 21 heavy (non-hydrogen) atoms. The van der Waals surface area contributed by atoms with Gasteiger partial charge in [0.2, 0.25) is 5.91 Å². The van der Waals surface area contributed by atoms with Gasteiger partial charge < -0.3 is 11.1 Å². The van der Waals surface area contributed by atoms with Crippen LogP contribution in [0.1, 0.15) is 27.7 Å². The quantitative estimate of drug-likeness (QED) is 0.907. The van der Waals surface area contributed by atoms with Crippen LogP contribution in [0.3, 0.4) is 0 Å². The smallest absolute Gasteiger partial charge is 0.231 e. The standard InChI is InChI=1S/C16H22N4O/c1-15(2,16(3,4)17)14(21)19-12-7-5-8-13(11-12)20-10-6-9-18-20/h5-11H,17H2,1-4H3,(H,19,21). The van der Waals surface area contributed by atoms with Crippen molar-refractivity contribution in [1.29, 1.82) is 0 Å². The molecular weight excluding hydrogens is 264 g/mol. The van der Waals surface area contributed by atoms with Gasteiger partial charge in [0.05, 0.1) is 11.1 Å². The van der Waals surface area contributed by atoms with Crippen molar-refractivity contribution < 1.29 is 4.79 Å². The molecule has 1 amide bonds. The number of benzene rings is 1. The van der Waals surface area contributed by atoms with Crippen LogP contribution in [0.15, 0.2) is 42.7 Å². The fraction of sp³-hybridized carbons (Fsp3) is 0.375. The highest BCUT2D eigenvalue weighted by Crippen LogP contribution is 2.30. The molecule has 1 aromatic carbocycles. The Bertz CT molecular complexity index is 624. The fourth-order valence-corrected chi connectivity index (χ4v) is 1.73. The van der Waals surface area contributed by atoms with Crippen molar-refractivity contribution in [3.8, 4) is 5.69 Å². The van der Waals surface area contributed by atoms with E-state index < -0.39 is 11.0 Å². The van der Waals surface area contributed by atoms with E-state index in [0.29, 0.717) is 0 Å². The van der Waals surface area contributed by atoms with Crippen LogP contribution in [0.2, 0.25) is 0 Å². The Morgan fingerprint density at radius 2 is 1.95 bits per heavy atom. The summed E-state index contributed by atoms with van der Waals surface area (Å²) >= 11 is 0. The van der Waals surface area contributed by atoms with Crippen LogP contribution in [0.4, 0.5) is 5.69 Å². The summed E-state index contributed by atoms with van der Waals surface area (Å²) in [6.07, 6.45) is 3.57. The van der Waals surface area contributed by atoms with Crippen molar-refractivity contribution >= 4 is 11.6 Å². The van der Waals surface area contributed by atoms with Gasteiger partial charge in [-0.3, -0.25) is 4.79 Å². The Morgan fingerprint density at radius 1 is 1.24 bits per heavy atom. The molecule has 0 aliphatic heterocycles. The first-order chi connectivity index (χ1) is 9.72. The number of carbonyl (C=O) groups is 1. The molecule has 0 unspecified atom stereocenters. The highest BCUT2D eigenvalue weighted by Gasteiger charge is 2.40. The lowest BCUT2D eigenvalue weighted by molar-refractivity contribution is -0.126. The second-order valence-electron chi connectivity index (χ2n) is 6.30. The van der Waals surface area contributed by atoms with Gasteiger partial charge in [-0.25, -0.2) is 4.68 Å². The van der Waals surface area contributed by atoms with Crippen molar-refractivity contribution in [1.82, 2.24) is 9.78 Å². The van der Waals surface area contributed by atoms with E-state index in [1.165, 1.54) is 0 Å². The van der Waals surface area contributed by atoms with E-state index in [4.69, 9.17) is 5.73 Å². The molecule has 1 heterocycles. The molecule has 5 nitrogen and oxygen atoms in total. The Kier molecular flexibility index (Phi) is 3.87. The molecule has 2 rings (SSSR count). The Balaban J connectivity index is 2.21. The average molecular weight is 286 g/mol. The van der Waals surface area contributed by atoms with Crippen molar-refractivity contribution in [2.75, 3.05) is 5.32 Å². The molecule has 0 saturated heterocycles. The second-order valence-corrected chi connectivity index (χ2v) is 6.30. The van der Waals surface area contributed by atoms with Crippen LogP contribution >= 0.6 is 0 Å². The van der Waals surface area contributed by atoms with E-state index >= 15 is 0 Å². The zero-order chi connectivity index (χ0) is 15.7. The summed E-state index contributed by atoms with van der Waals surface area (Å²) in [6, 6.07) is 9.40. The van der Waals surface area contributed by atoms with Crippen LogP contribution in [0.5, 0.6) is 0 Å². The normalized spacial score (nSPS) is 12.2. The minimum absolute atomic E-state index is 0.104. The first kappa shape index (κ1) is 15.3. The van der Waals surface area contributed by atoms with Crippen molar-refractivity contribution in [2.45, 2.75) is 33.2 Å². The van der Waals surface area contributed by atoms with E-state index in [1.807, 2.05) is 64.2 Å². The van der Waals surface area contributed by atoms with Gasteiger partial charge in [0, 0.05) is 23.6 Å². The van der Waals surface area contributed by atoms with Crippen molar-refractivity contribution in [3.63, 3.8) is 0 Å². The highest BCUT2D eigenvalue weighted by molar-refractivity contribution is 5.96. The third kappa shape index (κ3) is 3.13. The molecule has 1 aromatic heterocycles. The monoisotopic (exact) mass is 286 g/mol. The topological polar surface area (TPSA) is 72.9 Å². The molecule has 0 aliphatic rings. The molecule has 0 spiro atoms. The van der Waals surface area contributed by atoms with Gasteiger partial charge in [-0.05, 0) is 52.0 Å². The molecule has 0 bridgehead atoms. The van der Waals surface area contributed by atoms with Gasteiger partial charge in [0.15, 0.2) is 0 Å². The number of amides is 1.